The highest BCUT2D eigenvalue weighted by Crippen LogP contribution is 2.29. The minimum atomic E-state index is -3.18. The lowest BCUT2D eigenvalue weighted by atomic mass is 10.1. The summed E-state index contributed by atoms with van der Waals surface area (Å²) < 4.78 is 56.9. The van der Waals surface area contributed by atoms with Gasteiger partial charge in [0.05, 0.1) is 11.5 Å². The number of sulfone groups is 1. The number of benzene rings is 2. The molecule has 8 heteroatoms. The van der Waals surface area contributed by atoms with Gasteiger partial charge in [0.25, 0.3) is 5.91 Å². The molecule has 5 nitrogen and oxygen atoms in total. The number of ether oxygens (including phenoxy) is 1. The smallest absolute Gasteiger partial charge is 0.254 e. The molecule has 26 heavy (non-hydrogen) atoms. The van der Waals surface area contributed by atoms with E-state index in [1.165, 1.54) is 11.9 Å². The minimum Gasteiger partial charge on any atom is -0.451 e. The highest BCUT2D eigenvalue weighted by molar-refractivity contribution is 7.91. The van der Waals surface area contributed by atoms with Gasteiger partial charge in [0.15, 0.2) is 27.2 Å². The van der Waals surface area contributed by atoms with Crippen molar-refractivity contribution < 1.29 is 26.7 Å². The number of hydrogen-bond donors (Lipinski definition) is 0. The van der Waals surface area contributed by atoms with Crippen LogP contribution in [0.3, 0.4) is 0 Å². The molecular weight excluding hydrogens is 364 g/mol. The van der Waals surface area contributed by atoms with Crippen LogP contribution in [0.5, 0.6) is 11.5 Å². The third kappa shape index (κ3) is 3.85. The van der Waals surface area contributed by atoms with Gasteiger partial charge < -0.3 is 9.64 Å². The summed E-state index contributed by atoms with van der Waals surface area (Å²) in [5.41, 5.74) is -0.202. The molecular formula is C18H17F2NO4S. The number of nitrogens with zero attached hydrogens (tertiary/aromatic N) is 1. The lowest BCUT2D eigenvalue weighted by Crippen LogP contribution is -2.37. The Morgan fingerprint density at radius 3 is 2.31 bits per heavy atom. The van der Waals surface area contributed by atoms with E-state index in [4.69, 9.17) is 4.74 Å². The molecule has 0 saturated carbocycles. The molecule has 3 rings (SSSR count). The first-order chi connectivity index (χ1) is 12.3. The van der Waals surface area contributed by atoms with Gasteiger partial charge in [0.1, 0.15) is 5.75 Å². The Bertz CT molecular complexity index is 908. The fourth-order valence-electron chi connectivity index (χ4n) is 2.84. The zero-order chi connectivity index (χ0) is 18.9. The third-order valence-corrected chi connectivity index (χ3v) is 6.04. The molecule has 1 saturated heterocycles. The van der Waals surface area contributed by atoms with Crippen molar-refractivity contribution in [2.45, 2.75) is 12.5 Å². The summed E-state index contributed by atoms with van der Waals surface area (Å²) in [6.07, 6.45) is 0.310. The normalized spacial score (nSPS) is 18.5. The maximum absolute atomic E-state index is 14.3. The van der Waals surface area contributed by atoms with Crippen LogP contribution in [0.2, 0.25) is 0 Å². The highest BCUT2D eigenvalue weighted by atomic mass is 32.2. The summed E-state index contributed by atoms with van der Waals surface area (Å²) in [4.78, 5) is 13.7. The quantitative estimate of drug-likeness (QED) is 0.817. The molecule has 1 unspecified atom stereocenters. The van der Waals surface area contributed by atoms with Crippen LogP contribution in [0.25, 0.3) is 0 Å². The maximum Gasteiger partial charge on any atom is 0.254 e. The number of carbonyl (C=O) groups excluding carboxylic acids is 1. The predicted molar refractivity (Wildman–Crippen MR) is 92.0 cm³/mol. The molecule has 1 atom stereocenters. The molecule has 0 radical (unpaired) electrons. The molecule has 0 N–H and O–H groups in total. The van der Waals surface area contributed by atoms with E-state index in [0.717, 1.165) is 12.1 Å². The Labute approximate surface area is 150 Å². The first-order valence-electron chi connectivity index (χ1n) is 7.96. The molecule has 1 aliphatic rings. The largest absolute Gasteiger partial charge is 0.451 e. The van der Waals surface area contributed by atoms with Crippen molar-refractivity contribution in [1.82, 2.24) is 4.90 Å². The second-order valence-corrected chi connectivity index (χ2v) is 8.39. The lowest BCUT2D eigenvalue weighted by Gasteiger charge is -2.23. The van der Waals surface area contributed by atoms with E-state index in [0.29, 0.717) is 6.42 Å². The van der Waals surface area contributed by atoms with E-state index < -0.39 is 39.2 Å². The van der Waals surface area contributed by atoms with Gasteiger partial charge in [-0.3, -0.25) is 4.79 Å². The van der Waals surface area contributed by atoms with Crippen molar-refractivity contribution in [3.63, 3.8) is 0 Å². The summed E-state index contributed by atoms with van der Waals surface area (Å²) in [7, 11) is -1.75. The van der Waals surface area contributed by atoms with E-state index in [1.807, 2.05) is 0 Å². The molecule has 1 heterocycles. The number of amides is 1. The number of rotatable bonds is 4. The van der Waals surface area contributed by atoms with Crippen LogP contribution >= 0.6 is 0 Å². The standard InChI is InChI=1S/C18H17F2NO4S/c1-21(13-7-8-26(23,24)11-13)18(22)12-9-15(19)17(16(20)10-12)25-14-5-3-2-4-6-14/h2-6,9-10,13H,7-8,11H2,1H3. The van der Waals surface area contributed by atoms with Crippen LogP contribution in [0.4, 0.5) is 8.78 Å². The van der Waals surface area contributed by atoms with Gasteiger partial charge >= 0.3 is 0 Å². The molecule has 138 valence electrons. The number of para-hydroxylation sites is 1. The van der Waals surface area contributed by atoms with Crippen LogP contribution < -0.4 is 4.74 Å². The Morgan fingerprint density at radius 2 is 1.77 bits per heavy atom. The van der Waals surface area contributed by atoms with Crippen molar-refractivity contribution in [3.05, 3.63) is 59.7 Å². The van der Waals surface area contributed by atoms with E-state index >= 15 is 0 Å². The Kier molecular flexibility index (Phi) is 4.95. The molecule has 0 bridgehead atoms. The van der Waals surface area contributed by atoms with Gasteiger partial charge in [-0.15, -0.1) is 0 Å². The van der Waals surface area contributed by atoms with Crippen LogP contribution in [-0.4, -0.2) is 43.8 Å². The SMILES string of the molecule is CN(C(=O)c1cc(F)c(Oc2ccccc2)c(F)c1)C1CCS(=O)(=O)C1. The minimum absolute atomic E-state index is 0.00185. The molecule has 1 amide bonds. The average molecular weight is 381 g/mol. The van der Waals surface area contributed by atoms with Gasteiger partial charge in [-0.2, -0.15) is 0 Å². The second-order valence-electron chi connectivity index (χ2n) is 6.16. The lowest BCUT2D eigenvalue weighted by molar-refractivity contribution is 0.0746. The molecule has 0 aliphatic carbocycles. The number of halogens is 2. The van der Waals surface area contributed by atoms with E-state index in [1.54, 1.807) is 30.3 Å². The summed E-state index contributed by atoms with van der Waals surface area (Å²) in [6.45, 7) is 0. The van der Waals surface area contributed by atoms with Crippen molar-refractivity contribution in [1.29, 1.82) is 0 Å². The predicted octanol–water partition coefficient (Wildman–Crippen LogP) is 3.02. The maximum atomic E-state index is 14.3. The molecule has 0 aromatic heterocycles. The summed E-state index contributed by atoms with van der Waals surface area (Å²) >= 11 is 0. The zero-order valence-corrected chi connectivity index (χ0v) is 14.8. The fourth-order valence-corrected chi connectivity index (χ4v) is 4.61. The van der Waals surface area contributed by atoms with Crippen LogP contribution in [0, 0.1) is 11.6 Å². The summed E-state index contributed by atoms with van der Waals surface area (Å²) in [5, 5.41) is 0. The number of hydrogen-bond acceptors (Lipinski definition) is 4. The zero-order valence-electron chi connectivity index (χ0n) is 14.0. The van der Waals surface area contributed by atoms with Crippen LogP contribution in [0.15, 0.2) is 42.5 Å². The molecule has 0 spiro atoms. The van der Waals surface area contributed by atoms with Crippen molar-refractivity contribution in [2.24, 2.45) is 0 Å². The van der Waals surface area contributed by atoms with Gasteiger partial charge in [0, 0.05) is 18.7 Å². The average Bonchev–Trinajstić information content (AvgIpc) is 2.97. The molecule has 1 fully saturated rings. The monoisotopic (exact) mass is 381 g/mol. The topological polar surface area (TPSA) is 63.7 Å². The molecule has 1 aliphatic heterocycles. The van der Waals surface area contributed by atoms with Crippen molar-refractivity contribution in [3.8, 4) is 11.5 Å². The Balaban J connectivity index is 1.82. The summed E-state index contributed by atoms with van der Waals surface area (Å²) in [5.74, 6) is -3.14. The van der Waals surface area contributed by atoms with Gasteiger partial charge in [-0.25, -0.2) is 17.2 Å². The third-order valence-electron chi connectivity index (χ3n) is 4.28. The second kappa shape index (κ2) is 7.03. The highest BCUT2D eigenvalue weighted by Gasteiger charge is 2.33. The van der Waals surface area contributed by atoms with Gasteiger partial charge in [0.2, 0.25) is 0 Å². The summed E-state index contributed by atoms with van der Waals surface area (Å²) in [6, 6.07) is 9.44. The number of carbonyl (C=O) groups is 1. The Hall–Kier alpha value is -2.48. The van der Waals surface area contributed by atoms with Gasteiger partial charge in [-0.05, 0) is 30.7 Å². The molecule has 2 aromatic carbocycles. The van der Waals surface area contributed by atoms with Crippen LogP contribution in [-0.2, 0) is 9.84 Å². The van der Waals surface area contributed by atoms with E-state index in [9.17, 15) is 22.0 Å². The van der Waals surface area contributed by atoms with Crippen LogP contribution in [0.1, 0.15) is 16.8 Å². The van der Waals surface area contributed by atoms with E-state index in [-0.39, 0.29) is 22.8 Å². The fraction of sp³-hybridized carbons (Fsp3) is 0.278. The Morgan fingerprint density at radius 1 is 1.15 bits per heavy atom. The van der Waals surface area contributed by atoms with Gasteiger partial charge in [-0.1, -0.05) is 18.2 Å². The van der Waals surface area contributed by atoms with Crippen molar-refractivity contribution in [2.75, 3.05) is 18.6 Å². The first-order valence-corrected chi connectivity index (χ1v) is 9.78. The van der Waals surface area contributed by atoms with Crippen molar-refractivity contribution >= 4 is 15.7 Å². The molecule has 2 aromatic rings. The van der Waals surface area contributed by atoms with E-state index in [2.05, 4.69) is 0 Å². The first kappa shape index (κ1) is 18.3.